The van der Waals surface area contributed by atoms with Crippen molar-refractivity contribution in [2.45, 2.75) is 202 Å². The highest BCUT2D eigenvalue weighted by atomic mass is 16.8. The highest BCUT2D eigenvalue weighted by Gasteiger charge is 2.71. The zero-order chi connectivity index (χ0) is 47.8. The van der Waals surface area contributed by atoms with Crippen molar-refractivity contribution in [1.29, 1.82) is 0 Å². The Hall–Kier alpha value is -0.800. The summed E-state index contributed by atoms with van der Waals surface area (Å²) < 4.78 is 48.6. The number of aliphatic hydroxyl groups excluding tert-OH is 12. The lowest BCUT2D eigenvalue weighted by atomic mass is 9.43. The van der Waals surface area contributed by atoms with Gasteiger partial charge in [-0.25, -0.2) is 0 Å². The summed E-state index contributed by atoms with van der Waals surface area (Å²) in [7, 11) is 1.67. The third-order valence-electron chi connectivity index (χ3n) is 18.4. The molecule has 66 heavy (non-hydrogen) atoms. The molecule has 0 amide bonds. The SMILES string of the molecule is CO[C@]1(CC[C@@H](C)CO[C@@H]2O[C@H](CO)[C@@H](O)[C@H](O)[C@H]2O)O[C@H]2C[C@H]3[C@@H]4CC[C@@H]5C[C@@H](O[C@@H]6O[C@H](CO)[C@H](O)[C@H](O)[C@H]6O[C@@H]6O[C@H](CO)[C@@H](O)[C@H](O)[C@H]6O)CC[C@]5(C)[C@H]4C[C@H](O)[C@]3(C)[C@H]2[C@@H]1C. The van der Waals surface area contributed by atoms with Crippen molar-refractivity contribution in [2.75, 3.05) is 33.5 Å². The number of hydrogen-bond donors (Lipinski definition) is 12. The van der Waals surface area contributed by atoms with E-state index in [-0.39, 0.29) is 59.7 Å². The Balaban J connectivity index is 0.897. The van der Waals surface area contributed by atoms with E-state index in [1.165, 1.54) is 0 Å². The lowest BCUT2D eigenvalue weighted by Crippen LogP contribution is -2.65. The van der Waals surface area contributed by atoms with Crippen LogP contribution in [0.3, 0.4) is 0 Å². The molecule has 0 bridgehead atoms. The largest absolute Gasteiger partial charge is 0.394 e. The van der Waals surface area contributed by atoms with E-state index in [9.17, 15) is 61.3 Å². The molecule has 0 aromatic heterocycles. The van der Waals surface area contributed by atoms with Crippen LogP contribution in [0, 0.1) is 52.3 Å². The van der Waals surface area contributed by atoms with Gasteiger partial charge in [0.2, 0.25) is 0 Å². The van der Waals surface area contributed by atoms with E-state index in [1.807, 2.05) is 6.92 Å². The predicted molar refractivity (Wildman–Crippen MR) is 225 cm³/mol. The Labute approximate surface area is 386 Å². The minimum atomic E-state index is -1.77. The summed E-state index contributed by atoms with van der Waals surface area (Å²) in [6.45, 7) is 7.11. The lowest BCUT2D eigenvalue weighted by molar-refractivity contribution is -0.373. The van der Waals surface area contributed by atoms with E-state index >= 15 is 0 Å². The molecule has 0 radical (unpaired) electrons. The van der Waals surface area contributed by atoms with Gasteiger partial charge in [-0.2, -0.15) is 0 Å². The molecule has 8 rings (SSSR count). The fourth-order valence-electron chi connectivity index (χ4n) is 14.4. The van der Waals surface area contributed by atoms with Gasteiger partial charge >= 0.3 is 0 Å². The zero-order valence-corrected chi connectivity index (χ0v) is 38.8. The summed E-state index contributed by atoms with van der Waals surface area (Å²) in [6, 6.07) is 0. The summed E-state index contributed by atoms with van der Waals surface area (Å²) >= 11 is 0. The van der Waals surface area contributed by atoms with E-state index in [0.29, 0.717) is 38.0 Å². The second kappa shape index (κ2) is 20.0. The molecule has 0 unspecified atom stereocenters. The Morgan fingerprint density at radius 1 is 0.652 bits per heavy atom. The lowest BCUT2D eigenvalue weighted by Gasteiger charge is -2.62. The third kappa shape index (κ3) is 8.75. The first-order chi connectivity index (χ1) is 31.3. The van der Waals surface area contributed by atoms with E-state index in [2.05, 4.69) is 20.8 Å². The van der Waals surface area contributed by atoms with Gasteiger partial charge in [-0.3, -0.25) is 0 Å². The van der Waals surface area contributed by atoms with E-state index < -0.39 is 129 Å². The second-order valence-electron chi connectivity index (χ2n) is 21.7. The van der Waals surface area contributed by atoms with Gasteiger partial charge in [0.15, 0.2) is 24.7 Å². The summed E-state index contributed by atoms with van der Waals surface area (Å²) in [5.41, 5.74) is -0.516. The summed E-state index contributed by atoms with van der Waals surface area (Å²) in [5.74, 6) is 0.193. The molecule has 0 aromatic carbocycles. The topological polar surface area (TPSA) is 317 Å². The molecular weight excluding hydrogens is 872 g/mol. The first-order valence-corrected chi connectivity index (χ1v) is 24.3. The molecule has 4 saturated carbocycles. The van der Waals surface area contributed by atoms with Crippen molar-refractivity contribution in [3.63, 3.8) is 0 Å². The number of methoxy groups -OCH3 is 1. The molecule has 4 aliphatic carbocycles. The van der Waals surface area contributed by atoms with Gasteiger partial charge in [-0.15, -0.1) is 0 Å². The molecule has 0 aromatic rings. The Bertz CT molecular complexity index is 1610. The molecule has 382 valence electrons. The van der Waals surface area contributed by atoms with Crippen LogP contribution in [0.15, 0.2) is 0 Å². The molecule has 12 N–H and O–H groups in total. The maximum atomic E-state index is 12.4. The van der Waals surface area contributed by atoms with Crippen molar-refractivity contribution in [2.24, 2.45) is 52.3 Å². The van der Waals surface area contributed by atoms with Crippen LogP contribution in [0.1, 0.15) is 85.5 Å². The van der Waals surface area contributed by atoms with E-state index in [4.69, 9.17) is 37.9 Å². The van der Waals surface area contributed by atoms with Crippen LogP contribution in [0.25, 0.3) is 0 Å². The molecule has 4 heterocycles. The zero-order valence-electron chi connectivity index (χ0n) is 38.8. The highest BCUT2D eigenvalue weighted by Crippen LogP contribution is 2.71. The average molecular weight is 951 g/mol. The molecule has 8 aliphatic rings. The molecular formula is C46H78O20. The second-order valence-corrected chi connectivity index (χ2v) is 21.7. The Kier molecular flexibility index (Phi) is 15.6. The fraction of sp³-hybridized carbons (Fsp3) is 1.00. The normalized spacial score (nSPS) is 55.4. The quantitative estimate of drug-likeness (QED) is 0.0826. The first kappa shape index (κ1) is 51.6. The molecule has 4 saturated heterocycles. The molecule has 8 fully saturated rings. The number of ether oxygens (including phenoxy) is 8. The van der Waals surface area contributed by atoms with Crippen molar-refractivity contribution < 1.29 is 99.2 Å². The summed E-state index contributed by atoms with van der Waals surface area (Å²) in [4.78, 5) is 0. The van der Waals surface area contributed by atoms with Crippen LogP contribution < -0.4 is 0 Å². The molecule has 20 nitrogen and oxygen atoms in total. The number of rotatable bonds is 14. The van der Waals surface area contributed by atoms with Crippen LogP contribution in [0.4, 0.5) is 0 Å². The number of aliphatic hydroxyl groups is 12. The third-order valence-corrected chi connectivity index (χ3v) is 18.4. The Morgan fingerprint density at radius 3 is 1.86 bits per heavy atom. The van der Waals surface area contributed by atoms with Crippen LogP contribution in [0.2, 0.25) is 0 Å². The highest BCUT2D eigenvalue weighted by molar-refractivity contribution is 5.18. The van der Waals surface area contributed by atoms with Gasteiger partial charge in [0.1, 0.15) is 73.2 Å². The molecule has 20 heteroatoms. The van der Waals surface area contributed by atoms with Gasteiger partial charge in [-0.1, -0.05) is 27.7 Å². The average Bonchev–Trinajstić information content (AvgIpc) is 3.77. The van der Waals surface area contributed by atoms with Crippen molar-refractivity contribution in [3.05, 3.63) is 0 Å². The van der Waals surface area contributed by atoms with Gasteiger partial charge in [0, 0.05) is 30.8 Å². The summed E-state index contributed by atoms with van der Waals surface area (Å²) in [5, 5.41) is 126. The minimum absolute atomic E-state index is 0.0279. The minimum Gasteiger partial charge on any atom is -0.394 e. The van der Waals surface area contributed by atoms with Crippen molar-refractivity contribution in [3.8, 4) is 0 Å². The predicted octanol–water partition coefficient (Wildman–Crippen LogP) is -2.15. The summed E-state index contributed by atoms with van der Waals surface area (Å²) in [6.07, 6.45) is -16.3. The maximum absolute atomic E-state index is 12.4. The first-order valence-electron chi connectivity index (χ1n) is 24.3. The van der Waals surface area contributed by atoms with Gasteiger partial charge < -0.3 is 99.2 Å². The van der Waals surface area contributed by atoms with Crippen molar-refractivity contribution in [1.82, 2.24) is 0 Å². The van der Waals surface area contributed by atoms with Gasteiger partial charge in [0.05, 0.1) is 44.7 Å². The number of hydrogen-bond acceptors (Lipinski definition) is 20. The van der Waals surface area contributed by atoms with Crippen molar-refractivity contribution >= 4 is 0 Å². The van der Waals surface area contributed by atoms with Gasteiger partial charge in [0.25, 0.3) is 0 Å². The maximum Gasteiger partial charge on any atom is 0.187 e. The van der Waals surface area contributed by atoms with E-state index in [0.717, 1.165) is 25.7 Å². The smallest absolute Gasteiger partial charge is 0.187 e. The van der Waals surface area contributed by atoms with Crippen LogP contribution in [-0.4, -0.2) is 211 Å². The Morgan fingerprint density at radius 2 is 1.24 bits per heavy atom. The van der Waals surface area contributed by atoms with Crippen LogP contribution in [-0.2, 0) is 37.9 Å². The number of fused-ring (bicyclic) bond motifs is 7. The molecule has 28 atom stereocenters. The van der Waals surface area contributed by atoms with Crippen LogP contribution >= 0.6 is 0 Å². The molecule has 0 spiro atoms. The standard InChI is InChI=1S/C46H78O20/c1-19(18-60-41-38(57)35(54)32(51)27(15-47)62-41)8-11-46(59-5)20(2)31-26(66-46)13-25-23-7-6-21-12-22(9-10-44(21,3)24(23)14-30(50)45(25,31)4)61-43-40(37(56)34(53)29(17-49)64-43)65-42-39(58)36(55)33(52)28(16-48)63-42/h19-43,47-58H,6-18H2,1-5H3/t19-,20+,21-,22+,23-,24+,25+,26+,27-,28-,29-,30+,31+,32-,33-,34+,35+,36+,37+,38-,39-,40-,41-,42+,43-,44+,45-,46-/m1/s1. The molecule has 4 aliphatic heterocycles. The van der Waals surface area contributed by atoms with E-state index in [1.54, 1.807) is 7.11 Å². The van der Waals surface area contributed by atoms with Crippen LogP contribution in [0.5, 0.6) is 0 Å². The monoisotopic (exact) mass is 951 g/mol. The fourth-order valence-corrected chi connectivity index (χ4v) is 14.4. The van der Waals surface area contributed by atoms with Gasteiger partial charge in [-0.05, 0) is 86.4 Å².